The fraction of sp³-hybridized carbons (Fsp3) is 0.712. The van der Waals surface area contributed by atoms with Crippen molar-refractivity contribution in [2.45, 2.75) is 235 Å². The highest BCUT2D eigenvalue weighted by Crippen LogP contribution is 2.26. The zero-order valence-corrected chi connectivity index (χ0v) is 44.6. The van der Waals surface area contributed by atoms with Gasteiger partial charge in [0.15, 0.2) is 12.6 Å². The van der Waals surface area contributed by atoms with E-state index in [1.54, 1.807) is 6.08 Å². The Morgan fingerprint density at radius 3 is 1.40 bits per heavy atom. The van der Waals surface area contributed by atoms with E-state index < -0.39 is 86.7 Å². The van der Waals surface area contributed by atoms with Crippen LogP contribution in [-0.2, 0) is 33.2 Å². The van der Waals surface area contributed by atoms with Crippen LogP contribution in [0.25, 0.3) is 0 Å². The predicted octanol–water partition coefficient (Wildman–Crippen LogP) is 9.41. The van der Waals surface area contributed by atoms with Gasteiger partial charge in [-0.05, 0) is 77.0 Å². The normalized spacial score (nSPS) is 25.7. The van der Waals surface area contributed by atoms with Crippen LogP contribution < -0.4 is 0 Å². The summed E-state index contributed by atoms with van der Waals surface area (Å²) in [5, 5.41) is 72.2. The van der Waals surface area contributed by atoms with E-state index >= 15 is 0 Å². The number of allylic oxidation sites excluding steroid dienone is 15. The van der Waals surface area contributed by atoms with Gasteiger partial charge in [-0.1, -0.05) is 182 Å². The summed E-state index contributed by atoms with van der Waals surface area (Å²) in [6.45, 7) is 3.40. The van der Waals surface area contributed by atoms with Crippen molar-refractivity contribution in [2.75, 3.05) is 33.0 Å². The summed E-state index contributed by atoms with van der Waals surface area (Å²) < 4.78 is 34.2. The average Bonchev–Trinajstić information content (AvgIpc) is 3.39. The Bertz CT molecular complexity index is 1570. The maximum absolute atomic E-state index is 13.0. The molecule has 0 radical (unpaired) electrons. The number of hydrogen-bond donors (Lipinski definition) is 7. The van der Waals surface area contributed by atoms with E-state index in [2.05, 4.69) is 92.8 Å². The van der Waals surface area contributed by atoms with E-state index in [9.17, 15) is 40.5 Å². The standard InChI is InChI=1S/C59H98O14/c1-3-5-7-9-11-13-15-17-19-20-21-22-23-24-25-26-27-29-31-33-35-37-39-41-43-68-45-48(71-51(61)42-40-38-36-34-32-30-28-18-16-14-12-10-8-6-4-2)46-69-58-57(67)55(65)53(63)50(73-58)47-70-59-56(66)54(64)52(62)49(44-60)72-59/h6,8,12,14-15,17-18,20-21,23-24,28,32,34,38,40,48-50,52-60,62-67H,3-5,7,9-11,13,16,19,22,25-27,29-31,33,35-37,39,41-47H2,1-2H3/b8-6-,14-12-,17-15-,21-20-,24-23-,28-18-,34-32-,40-38-. The minimum atomic E-state index is -1.73. The van der Waals surface area contributed by atoms with Gasteiger partial charge in [0, 0.05) is 6.61 Å². The molecule has 2 heterocycles. The molecule has 2 fully saturated rings. The van der Waals surface area contributed by atoms with Gasteiger partial charge in [0.05, 0.1) is 32.8 Å². The van der Waals surface area contributed by atoms with Crippen LogP contribution in [0, 0.1) is 0 Å². The summed E-state index contributed by atoms with van der Waals surface area (Å²) >= 11 is 0. The summed E-state index contributed by atoms with van der Waals surface area (Å²) in [6.07, 6.45) is 43.6. The van der Waals surface area contributed by atoms with E-state index in [4.69, 9.17) is 28.4 Å². The first-order valence-electron chi connectivity index (χ1n) is 27.8. The third-order valence-electron chi connectivity index (χ3n) is 12.6. The Hall–Kier alpha value is -3.09. The summed E-state index contributed by atoms with van der Waals surface area (Å²) in [6, 6.07) is 0. The molecule has 2 rings (SSSR count). The van der Waals surface area contributed by atoms with Gasteiger partial charge < -0.3 is 64.2 Å². The first-order valence-corrected chi connectivity index (χ1v) is 27.8. The molecule has 0 aromatic carbocycles. The molecule has 0 saturated carbocycles. The molecular weight excluding hydrogens is 933 g/mol. The highest BCUT2D eigenvalue weighted by atomic mass is 16.7. The number of unbranched alkanes of at least 4 members (excludes halogenated alkanes) is 14. The number of carbonyl (C=O) groups is 1. The molecule has 0 aromatic heterocycles. The smallest absolute Gasteiger partial charge is 0.310 e. The van der Waals surface area contributed by atoms with Gasteiger partial charge in [0.25, 0.3) is 0 Å². The van der Waals surface area contributed by atoms with Crippen LogP contribution in [0.2, 0.25) is 0 Å². The van der Waals surface area contributed by atoms with Gasteiger partial charge in [-0.2, -0.15) is 0 Å². The van der Waals surface area contributed by atoms with E-state index in [-0.39, 0.29) is 19.6 Å². The highest BCUT2D eigenvalue weighted by molar-refractivity contribution is 5.71. The Kier molecular flexibility index (Phi) is 40.8. The summed E-state index contributed by atoms with van der Waals surface area (Å²) in [7, 11) is 0. The largest absolute Gasteiger partial charge is 0.457 e. The van der Waals surface area contributed by atoms with Crippen molar-refractivity contribution in [3.05, 3.63) is 97.2 Å². The summed E-state index contributed by atoms with van der Waals surface area (Å²) in [5.41, 5.74) is 0. The molecule has 2 saturated heterocycles. The summed E-state index contributed by atoms with van der Waals surface area (Å²) in [5.74, 6) is -0.508. The second kappa shape index (κ2) is 45.1. The Morgan fingerprint density at radius 2 is 0.890 bits per heavy atom. The second-order valence-corrected chi connectivity index (χ2v) is 19.0. The molecule has 2 aliphatic heterocycles. The molecule has 0 spiro atoms. The van der Waals surface area contributed by atoms with Gasteiger partial charge in [0.1, 0.15) is 54.9 Å². The van der Waals surface area contributed by atoms with Crippen LogP contribution in [0.5, 0.6) is 0 Å². The molecule has 73 heavy (non-hydrogen) atoms. The molecule has 418 valence electrons. The number of rotatable bonds is 43. The van der Waals surface area contributed by atoms with E-state index in [0.717, 1.165) is 64.2 Å². The monoisotopic (exact) mass is 1030 g/mol. The molecule has 7 N–H and O–H groups in total. The second-order valence-electron chi connectivity index (χ2n) is 19.0. The fourth-order valence-electron chi connectivity index (χ4n) is 8.13. The molecule has 11 unspecified atom stereocenters. The van der Waals surface area contributed by atoms with E-state index in [1.807, 2.05) is 12.2 Å². The number of aliphatic hydroxyl groups is 7. The molecule has 2 aliphatic rings. The molecule has 0 amide bonds. The number of aliphatic hydroxyl groups excluding tert-OH is 7. The molecule has 0 bridgehead atoms. The summed E-state index contributed by atoms with van der Waals surface area (Å²) in [4.78, 5) is 13.0. The molecule has 14 nitrogen and oxygen atoms in total. The minimum absolute atomic E-state index is 0.0118. The van der Waals surface area contributed by atoms with E-state index in [1.165, 1.54) is 77.0 Å². The number of carbonyl (C=O) groups excluding carboxylic acids is 1. The lowest BCUT2D eigenvalue weighted by molar-refractivity contribution is -0.332. The van der Waals surface area contributed by atoms with Crippen molar-refractivity contribution in [3.8, 4) is 0 Å². The predicted molar refractivity (Wildman–Crippen MR) is 288 cm³/mol. The third-order valence-corrected chi connectivity index (χ3v) is 12.6. The Morgan fingerprint density at radius 1 is 0.466 bits per heavy atom. The SMILES string of the molecule is CC/C=C\C/C=C\C/C=C\C/C=C\C/C=C\CC(=O)OC(COCCCCCCCCCCC/C=C\C/C=C\C/C=C\CCCCCCC)COC1OC(COC2OC(CO)C(O)C(O)C2O)C(O)C(O)C1O. The number of ether oxygens (including phenoxy) is 6. The average molecular weight is 1030 g/mol. The zero-order chi connectivity index (χ0) is 53.0. The van der Waals surface area contributed by atoms with Crippen LogP contribution in [0.3, 0.4) is 0 Å². The maximum atomic E-state index is 13.0. The lowest BCUT2D eigenvalue weighted by atomic mass is 9.98. The van der Waals surface area contributed by atoms with Crippen molar-refractivity contribution in [1.82, 2.24) is 0 Å². The van der Waals surface area contributed by atoms with Gasteiger partial charge in [-0.15, -0.1) is 0 Å². The van der Waals surface area contributed by atoms with Crippen LogP contribution >= 0.6 is 0 Å². The molecule has 0 aromatic rings. The van der Waals surface area contributed by atoms with Crippen LogP contribution in [-0.4, -0.2) is 142 Å². The first kappa shape index (κ1) is 66.0. The van der Waals surface area contributed by atoms with Crippen LogP contribution in [0.15, 0.2) is 97.2 Å². The zero-order valence-electron chi connectivity index (χ0n) is 44.6. The molecular formula is C59H98O14. The van der Waals surface area contributed by atoms with Crippen molar-refractivity contribution in [1.29, 1.82) is 0 Å². The van der Waals surface area contributed by atoms with Gasteiger partial charge in [-0.3, -0.25) is 4.79 Å². The first-order chi connectivity index (χ1) is 35.6. The quantitative estimate of drug-likeness (QED) is 0.0172. The van der Waals surface area contributed by atoms with Crippen molar-refractivity contribution in [3.63, 3.8) is 0 Å². The Balaban J connectivity index is 1.75. The van der Waals surface area contributed by atoms with E-state index in [0.29, 0.717) is 13.0 Å². The van der Waals surface area contributed by atoms with Crippen LogP contribution in [0.4, 0.5) is 0 Å². The third kappa shape index (κ3) is 32.2. The molecule has 14 heteroatoms. The van der Waals surface area contributed by atoms with Gasteiger partial charge >= 0.3 is 5.97 Å². The minimum Gasteiger partial charge on any atom is -0.457 e. The molecule has 0 aliphatic carbocycles. The van der Waals surface area contributed by atoms with Crippen LogP contribution in [0.1, 0.15) is 168 Å². The van der Waals surface area contributed by atoms with Crippen molar-refractivity contribution in [2.24, 2.45) is 0 Å². The van der Waals surface area contributed by atoms with Gasteiger partial charge in [-0.25, -0.2) is 0 Å². The highest BCUT2D eigenvalue weighted by Gasteiger charge is 2.47. The lowest BCUT2D eigenvalue weighted by Gasteiger charge is -2.42. The Labute approximate surface area is 439 Å². The van der Waals surface area contributed by atoms with Crippen molar-refractivity contribution >= 4 is 5.97 Å². The fourth-order valence-corrected chi connectivity index (χ4v) is 8.13. The number of hydrogen-bond acceptors (Lipinski definition) is 14. The maximum Gasteiger partial charge on any atom is 0.310 e. The van der Waals surface area contributed by atoms with Crippen molar-refractivity contribution < 1.29 is 69.0 Å². The molecule has 11 atom stereocenters. The van der Waals surface area contributed by atoms with Gasteiger partial charge in [0.2, 0.25) is 0 Å². The number of esters is 1. The topological polar surface area (TPSA) is 214 Å². The lowest BCUT2D eigenvalue weighted by Crippen LogP contribution is -2.61.